The smallest absolute Gasteiger partial charge is 0.270 e. The number of amides is 1. The van der Waals surface area contributed by atoms with Crippen LogP contribution in [-0.4, -0.2) is 15.9 Å². The number of pyridine rings is 1. The number of nitrogens with zero attached hydrogens (tertiary/aromatic N) is 1. The van der Waals surface area contributed by atoms with Gasteiger partial charge in [0, 0.05) is 23.3 Å². The molecule has 1 aromatic carbocycles. The van der Waals surface area contributed by atoms with Gasteiger partial charge in [-0.25, -0.2) is 0 Å². The van der Waals surface area contributed by atoms with Crippen molar-refractivity contribution in [3.8, 4) is 0 Å². The number of hydrogen-bond acceptors (Lipinski definition) is 3. The summed E-state index contributed by atoms with van der Waals surface area (Å²) in [5, 5.41) is 3.40. The third-order valence-electron chi connectivity index (χ3n) is 2.62. The average molecular weight is 306 g/mol. The molecule has 0 aliphatic rings. The maximum atomic E-state index is 11.9. The van der Waals surface area contributed by atoms with E-state index in [1.807, 2.05) is 12.1 Å². The summed E-state index contributed by atoms with van der Waals surface area (Å²) in [5.74, 6) is -0.264. The first kappa shape index (κ1) is 14.4. The first-order valence-electron chi connectivity index (χ1n) is 5.85. The number of halogens is 1. The summed E-state index contributed by atoms with van der Waals surface area (Å²) in [4.78, 5) is 16.2. The van der Waals surface area contributed by atoms with E-state index in [1.165, 1.54) is 6.20 Å². The summed E-state index contributed by atoms with van der Waals surface area (Å²) in [6.07, 6.45) is 1.48. The molecule has 20 heavy (non-hydrogen) atoms. The maximum Gasteiger partial charge on any atom is 0.270 e. The lowest BCUT2D eigenvalue weighted by molar-refractivity contribution is 0.0946. The van der Waals surface area contributed by atoms with Gasteiger partial charge in [0.1, 0.15) is 10.7 Å². The first-order chi connectivity index (χ1) is 9.56. The Morgan fingerprint density at radius 3 is 2.75 bits per heavy atom. The summed E-state index contributed by atoms with van der Waals surface area (Å²) in [5.41, 5.74) is 7.33. The molecule has 1 aromatic heterocycles. The number of aromatic nitrogens is 1. The van der Waals surface area contributed by atoms with Gasteiger partial charge in [0.05, 0.1) is 0 Å². The van der Waals surface area contributed by atoms with E-state index in [0.29, 0.717) is 22.8 Å². The van der Waals surface area contributed by atoms with Crippen LogP contribution in [0, 0.1) is 0 Å². The molecule has 0 fully saturated rings. The predicted octanol–water partition coefficient (Wildman–Crippen LogP) is 2.30. The van der Waals surface area contributed by atoms with Gasteiger partial charge >= 0.3 is 0 Å². The Morgan fingerprint density at radius 2 is 2.15 bits per heavy atom. The van der Waals surface area contributed by atoms with Gasteiger partial charge in [-0.2, -0.15) is 0 Å². The van der Waals surface area contributed by atoms with E-state index < -0.39 is 0 Å². The molecule has 0 saturated heterocycles. The topological polar surface area (TPSA) is 68.0 Å². The largest absolute Gasteiger partial charge is 0.389 e. The number of nitrogens with two attached hydrogens (primary N) is 1. The van der Waals surface area contributed by atoms with Gasteiger partial charge in [0.2, 0.25) is 0 Å². The van der Waals surface area contributed by atoms with Gasteiger partial charge < -0.3 is 11.1 Å². The molecule has 0 atom stereocenters. The van der Waals surface area contributed by atoms with Crippen molar-refractivity contribution in [2.24, 2.45) is 5.73 Å². The Balaban J connectivity index is 1.99. The molecule has 0 saturated carbocycles. The summed E-state index contributed by atoms with van der Waals surface area (Å²) in [7, 11) is 0. The van der Waals surface area contributed by atoms with Gasteiger partial charge in [0.25, 0.3) is 5.91 Å². The Morgan fingerprint density at radius 1 is 1.35 bits per heavy atom. The van der Waals surface area contributed by atoms with Gasteiger partial charge in [-0.05, 0) is 29.8 Å². The highest BCUT2D eigenvalue weighted by molar-refractivity contribution is 7.80. The van der Waals surface area contributed by atoms with E-state index in [4.69, 9.17) is 29.6 Å². The lowest BCUT2D eigenvalue weighted by Crippen LogP contribution is -2.24. The second-order valence-corrected chi connectivity index (χ2v) is 4.99. The van der Waals surface area contributed by atoms with Crippen molar-refractivity contribution < 1.29 is 4.79 Å². The van der Waals surface area contributed by atoms with E-state index in [0.717, 1.165) is 5.56 Å². The van der Waals surface area contributed by atoms with Crippen LogP contribution in [0.1, 0.15) is 21.6 Å². The zero-order chi connectivity index (χ0) is 14.5. The number of carbonyl (C=O) groups excluding carboxylic acids is 1. The summed E-state index contributed by atoms with van der Waals surface area (Å²) in [6, 6.07) is 10.5. The van der Waals surface area contributed by atoms with Gasteiger partial charge in [-0.1, -0.05) is 36.0 Å². The zero-order valence-corrected chi connectivity index (χ0v) is 12.0. The first-order valence-corrected chi connectivity index (χ1v) is 6.63. The van der Waals surface area contributed by atoms with E-state index in [1.54, 1.807) is 24.3 Å². The van der Waals surface area contributed by atoms with E-state index >= 15 is 0 Å². The molecule has 0 aliphatic heterocycles. The zero-order valence-electron chi connectivity index (χ0n) is 10.5. The average Bonchev–Trinajstić information content (AvgIpc) is 2.45. The molecule has 2 aromatic rings. The molecule has 4 nitrogen and oxygen atoms in total. The van der Waals surface area contributed by atoms with Gasteiger partial charge in [-0.3, -0.25) is 9.78 Å². The summed E-state index contributed by atoms with van der Waals surface area (Å²) < 4.78 is 0. The predicted molar refractivity (Wildman–Crippen MR) is 82.7 cm³/mol. The van der Waals surface area contributed by atoms with Crippen molar-refractivity contribution in [1.82, 2.24) is 10.3 Å². The normalized spacial score (nSPS) is 10.1. The molecule has 0 unspecified atom stereocenters. The fourth-order valence-electron chi connectivity index (χ4n) is 1.59. The Kier molecular flexibility index (Phi) is 4.65. The van der Waals surface area contributed by atoms with Crippen molar-refractivity contribution in [3.05, 3.63) is 64.4 Å². The van der Waals surface area contributed by atoms with Crippen LogP contribution in [0.3, 0.4) is 0 Å². The van der Waals surface area contributed by atoms with Gasteiger partial charge in [0.15, 0.2) is 0 Å². The van der Waals surface area contributed by atoms with Crippen molar-refractivity contribution in [1.29, 1.82) is 0 Å². The van der Waals surface area contributed by atoms with Crippen LogP contribution in [0.25, 0.3) is 0 Å². The minimum Gasteiger partial charge on any atom is -0.389 e. The number of thiocarbonyl (C=S) groups is 1. The van der Waals surface area contributed by atoms with Crippen LogP contribution in [0.5, 0.6) is 0 Å². The molecule has 0 aliphatic carbocycles. The number of nitrogens with one attached hydrogen (secondary N) is 1. The van der Waals surface area contributed by atoms with Crippen molar-refractivity contribution in [3.63, 3.8) is 0 Å². The Hall–Kier alpha value is -1.98. The fraction of sp³-hybridized carbons (Fsp3) is 0.0714. The van der Waals surface area contributed by atoms with Crippen molar-refractivity contribution >= 4 is 34.7 Å². The monoisotopic (exact) mass is 305 g/mol. The van der Waals surface area contributed by atoms with E-state index in [2.05, 4.69) is 10.3 Å². The highest BCUT2D eigenvalue weighted by atomic mass is 35.5. The summed E-state index contributed by atoms with van der Waals surface area (Å²) >= 11 is 10.7. The van der Waals surface area contributed by atoms with Crippen LogP contribution in [0.4, 0.5) is 0 Å². The molecular weight excluding hydrogens is 294 g/mol. The highest BCUT2D eigenvalue weighted by Crippen LogP contribution is 2.10. The van der Waals surface area contributed by atoms with Crippen LogP contribution >= 0.6 is 23.8 Å². The third kappa shape index (κ3) is 3.76. The SMILES string of the molecule is NC(=S)c1ccc(C(=O)NCc2cccc(Cl)c2)nc1. The van der Waals surface area contributed by atoms with Crippen LogP contribution in [0.15, 0.2) is 42.6 Å². The van der Waals surface area contributed by atoms with E-state index in [9.17, 15) is 4.79 Å². The summed E-state index contributed by atoms with van der Waals surface area (Å²) in [6.45, 7) is 0.387. The number of hydrogen-bond donors (Lipinski definition) is 2. The third-order valence-corrected chi connectivity index (χ3v) is 3.09. The standard InChI is InChI=1S/C14H12ClN3OS/c15-11-3-1-2-9(6-11)7-18-14(19)12-5-4-10(8-17-12)13(16)20/h1-6,8H,7H2,(H2,16,20)(H,18,19). The van der Waals surface area contributed by atoms with Crippen molar-refractivity contribution in [2.75, 3.05) is 0 Å². The van der Waals surface area contributed by atoms with Crippen LogP contribution in [-0.2, 0) is 6.54 Å². The minimum absolute atomic E-state index is 0.253. The molecule has 1 amide bonds. The molecule has 0 bridgehead atoms. The van der Waals surface area contributed by atoms with Crippen molar-refractivity contribution in [2.45, 2.75) is 6.54 Å². The van der Waals surface area contributed by atoms with Crippen LogP contribution in [0.2, 0.25) is 5.02 Å². The minimum atomic E-state index is -0.264. The lowest BCUT2D eigenvalue weighted by Gasteiger charge is -2.06. The second-order valence-electron chi connectivity index (χ2n) is 4.11. The number of benzene rings is 1. The van der Waals surface area contributed by atoms with E-state index in [-0.39, 0.29) is 10.9 Å². The molecule has 2 rings (SSSR count). The molecule has 102 valence electrons. The lowest BCUT2D eigenvalue weighted by atomic mass is 10.2. The Bertz CT molecular complexity index is 643. The molecular formula is C14H12ClN3OS. The maximum absolute atomic E-state index is 11.9. The number of carbonyl (C=O) groups is 1. The highest BCUT2D eigenvalue weighted by Gasteiger charge is 2.07. The number of rotatable bonds is 4. The van der Waals surface area contributed by atoms with Gasteiger partial charge in [-0.15, -0.1) is 0 Å². The molecule has 0 radical (unpaired) electrons. The molecule has 0 spiro atoms. The fourth-order valence-corrected chi connectivity index (χ4v) is 1.93. The molecule has 1 heterocycles. The Labute approximate surface area is 127 Å². The van der Waals surface area contributed by atoms with Crippen LogP contribution < -0.4 is 11.1 Å². The second kappa shape index (κ2) is 6.45. The molecule has 3 N–H and O–H groups in total. The molecule has 6 heteroatoms. The quantitative estimate of drug-likeness (QED) is 0.851.